The molecule has 1 amide bonds. The van der Waals surface area contributed by atoms with E-state index in [-0.39, 0.29) is 5.91 Å². The minimum absolute atomic E-state index is 0.0735. The van der Waals surface area contributed by atoms with E-state index in [2.05, 4.69) is 30.8 Å². The summed E-state index contributed by atoms with van der Waals surface area (Å²) in [5.41, 5.74) is 1.78. The normalized spacial score (nSPS) is 15.1. The van der Waals surface area contributed by atoms with Gasteiger partial charge in [-0.3, -0.25) is 14.8 Å². The first-order valence-electron chi connectivity index (χ1n) is 6.79. The van der Waals surface area contributed by atoms with Crippen molar-refractivity contribution < 1.29 is 4.79 Å². The quantitative estimate of drug-likeness (QED) is 0.836. The van der Waals surface area contributed by atoms with Crippen LogP contribution in [0.2, 0.25) is 0 Å². The topological polar surface area (TPSA) is 49.3 Å². The highest BCUT2D eigenvalue weighted by Crippen LogP contribution is 2.20. The SMILES string of the molecule is O=C(c1ccncc1)N1CCN(c2cncc(Br)c2)CC1. The van der Waals surface area contributed by atoms with Crippen LogP contribution in [-0.4, -0.2) is 47.0 Å². The molecule has 2 aromatic heterocycles. The fourth-order valence-corrected chi connectivity index (χ4v) is 2.77. The Kier molecular flexibility index (Phi) is 4.15. The number of hydrogen-bond acceptors (Lipinski definition) is 4. The van der Waals surface area contributed by atoms with Crippen molar-refractivity contribution >= 4 is 27.5 Å². The van der Waals surface area contributed by atoms with Gasteiger partial charge in [-0.25, -0.2) is 0 Å². The van der Waals surface area contributed by atoms with Gasteiger partial charge in [-0.1, -0.05) is 0 Å². The summed E-state index contributed by atoms with van der Waals surface area (Å²) in [4.78, 5) is 24.6. The molecule has 1 saturated heterocycles. The molecule has 3 heterocycles. The zero-order valence-corrected chi connectivity index (χ0v) is 13.0. The molecule has 5 nitrogen and oxygen atoms in total. The van der Waals surface area contributed by atoms with Crippen LogP contribution in [-0.2, 0) is 0 Å². The third-order valence-corrected chi connectivity index (χ3v) is 3.98. The second-order valence-electron chi connectivity index (χ2n) is 4.88. The van der Waals surface area contributed by atoms with E-state index in [9.17, 15) is 4.79 Å². The maximum absolute atomic E-state index is 12.4. The van der Waals surface area contributed by atoms with Crippen molar-refractivity contribution in [3.8, 4) is 0 Å². The molecule has 0 unspecified atom stereocenters. The number of carbonyl (C=O) groups is 1. The maximum atomic E-state index is 12.4. The smallest absolute Gasteiger partial charge is 0.254 e. The van der Waals surface area contributed by atoms with Gasteiger partial charge in [0.25, 0.3) is 5.91 Å². The molecular weight excluding hydrogens is 332 g/mol. The number of nitrogens with zero attached hydrogens (tertiary/aromatic N) is 4. The number of aromatic nitrogens is 2. The highest BCUT2D eigenvalue weighted by molar-refractivity contribution is 9.10. The van der Waals surface area contributed by atoms with Gasteiger partial charge in [-0.15, -0.1) is 0 Å². The molecule has 3 rings (SSSR count). The molecule has 0 radical (unpaired) electrons. The molecule has 21 heavy (non-hydrogen) atoms. The van der Waals surface area contributed by atoms with E-state index >= 15 is 0 Å². The van der Waals surface area contributed by atoms with Crippen LogP contribution in [0.25, 0.3) is 0 Å². The van der Waals surface area contributed by atoms with Gasteiger partial charge in [0.1, 0.15) is 0 Å². The van der Waals surface area contributed by atoms with Gasteiger partial charge >= 0.3 is 0 Å². The van der Waals surface area contributed by atoms with Crippen LogP contribution in [0, 0.1) is 0 Å². The summed E-state index contributed by atoms with van der Waals surface area (Å²) in [7, 11) is 0. The summed E-state index contributed by atoms with van der Waals surface area (Å²) >= 11 is 3.43. The van der Waals surface area contributed by atoms with Gasteiger partial charge in [0.05, 0.1) is 11.9 Å². The number of halogens is 1. The molecule has 1 aliphatic heterocycles. The number of piperazine rings is 1. The van der Waals surface area contributed by atoms with Crippen molar-refractivity contribution in [1.29, 1.82) is 0 Å². The van der Waals surface area contributed by atoms with Gasteiger partial charge < -0.3 is 9.80 Å². The van der Waals surface area contributed by atoms with E-state index in [1.165, 1.54) is 0 Å². The molecule has 6 heteroatoms. The van der Waals surface area contributed by atoms with Gasteiger partial charge in [-0.2, -0.15) is 0 Å². The van der Waals surface area contributed by atoms with Crippen LogP contribution in [0.1, 0.15) is 10.4 Å². The van der Waals surface area contributed by atoms with Crippen molar-refractivity contribution in [2.75, 3.05) is 31.1 Å². The lowest BCUT2D eigenvalue weighted by atomic mass is 10.2. The van der Waals surface area contributed by atoms with Crippen LogP contribution < -0.4 is 4.90 Å². The number of rotatable bonds is 2. The summed E-state index contributed by atoms with van der Waals surface area (Å²) in [6, 6.07) is 5.56. The number of pyridine rings is 2. The number of carbonyl (C=O) groups excluding carboxylic acids is 1. The van der Waals surface area contributed by atoms with E-state index in [0.29, 0.717) is 18.7 Å². The van der Waals surface area contributed by atoms with E-state index in [0.717, 1.165) is 23.2 Å². The largest absolute Gasteiger partial charge is 0.367 e. The fourth-order valence-electron chi connectivity index (χ4n) is 2.42. The number of hydrogen-bond donors (Lipinski definition) is 0. The molecule has 0 bridgehead atoms. The Bertz CT molecular complexity index is 627. The van der Waals surface area contributed by atoms with Crippen LogP contribution >= 0.6 is 15.9 Å². The molecule has 0 spiro atoms. The van der Waals surface area contributed by atoms with Crippen molar-refractivity contribution in [3.63, 3.8) is 0 Å². The lowest BCUT2D eigenvalue weighted by Gasteiger charge is -2.36. The lowest BCUT2D eigenvalue weighted by Crippen LogP contribution is -2.48. The standard InChI is InChI=1S/C15H15BrN4O/c16-13-9-14(11-18-10-13)19-5-7-20(8-6-19)15(21)12-1-3-17-4-2-12/h1-4,9-11H,5-8H2. The van der Waals surface area contributed by atoms with Gasteiger partial charge in [0, 0.05) is 54.8 Å². The molecule has 0 aromatic carbocycles. The molecule has 1 aliphatic rings. The average molecular weight is 347 g/mol. The van der Waals surface area contributed by atoms with Crippen molar-refractivity contribution in [1.82, 2.24) is 14.9 Å². The van der Waals surface area contributed by atoms with E-state index in [1.807, 2.05) is 17.2 Å². The minimum Gasteiger partial charge on any atom is -0.367 e. The lowest BCUT2D eigenvalue weighted by molar-refractivity contribution is 0.0746. The highest BCUT2D eigenvalue weighted by atomic mass is 79.9. The van der Waals surface area contributed by atoms with Crippen LogP contribution in [0.3, 0.4) is 0 Å². The summed E-state index contributed by atoms with van der Waals surface area (Å²) < 4.78 is 0.968. The maximum Gasteiger partial charge on any atom is 0.254 e. The highest BCUT2D eigenvalue weighted by Gasteiger charge is 2.22. The average Bonchev–Trinajstić information content (AvgIpc) is 2.55. The van der Waals surface area contributed by atoms with Gasteiger partial charge in [0.15, 0.2) is 0 Å². The first-order chi connectivity index (χ1) is 10.2. The second-order valence-corrected chi connectivity index (χ2v) is 5.79. The van der Waals surface area contributed by atoms with Crippen LogP contribution in [0.15, 0.2) is 47.5 Å². The Balaban J connectivity index is 1.64. The Morgan fingerprint density at radius 2 is 1.76 bits per heavy atom. The zero-order valence-electron chi connectivity index (χ0n) is 11.4. The van der Waals surface area contributed by atoms with E-state index < -0.39 is 0 Å². The first-order valence-corrected chi connectivity index (χ1v) is 7.58. The first kappa shape index (κ1) is 14.0. The molecule has 0 N–H and O–H groups in total. The third-order valence-electron chi connectivity index (χ3n) is 3.55. The Morgan fingerprint density at radius 1 is 1.05 bits per heavy atom. The van der Waals surface area contributed by atoms with Crippen molar-refractivity contribution in [3.05, 3.63) is 53.0 Å². The summed E-state index contributed by atoms with van der Waals surface area (Å²) in [5.74, 6) is 0.0735. The summed E-state index contributed by atoms with van der Waals surface area (Å²) in [5, 5.41) is 0. The Hall–Kier alpha value is -1.95. The van der Waals surface area contributed by atoms with Gasteiger partial charge in [0.2, 0.25) is 0 Å². The summed E-state index contributed by atoms with van der Waals surface area (Å²) in [6.45, 7) is 3.06. The monoisotopic (exact) mass is 346 g/mol. The molecule has 2 aromatic rings. The molecular formula is C15H15BrN4O. The predicted molar refractivity (Wildman–Crippen MR) is 84.3 cm³/mol. The number of anilines is 1. The molecule has 0 atom stereocenters. The molecule has 1 fully saturated rings. The Labute approximate surface area is 131 Å². The van der Waals surface area contributed by atoms with Crippen LogP contribution in [0.4, 0.5) is 5.69 Å². The van der Waals surface area contributed by atoms with Crippen molar-refractivity contribution in [2.45, 2.75) is 0 Å². The fraction of sp³-hybridized carbons (Fsp3) is 0.267. The van der Waals surface area contributed by atoms with E-state index in [4.69, 9.17) is 0 Å². The van der Waals surface area contributed by atoms with E-state index in [1.54, 1.807) is 30.7 Å². The molecule has 0 aliphatic carbocycles. The number of amides is 1. The Morgan fingerprint density at radius 3 is 2.43 bits per heavy atom. The van der Waals surface area contributed by atoms with Crippen molar-refractivity contribution in [2.24, 2.45) is 0 Å². The van der Waals surface area contributed by atoms with Gasteiger partial charge in [-0.05, 0) is 34.1 Å². The summed E-state index contributed by atoms with van der Waals surface area (Å²) in [6.07, 6.45) is 6.92. The zero-order chi connectivity index (χ0) is 14.7. The van der Waals surface area contributed by atoms with Crippen LogP contribution in [0.5, 0.6) is 0 Å². The molecule has 0 saturated carbocycles. The minimum atomic E-state index is 0.0735. The molecule has 108 valence electrons. The predicted octanol–water partition coefficient (Wildman–Crippen LogP) is 2.20. The second kappa shape index (κ2) is 6.22. The third kappa shape index (κ3) is 3.21.